The van der Waals surface area contributed by atoms with E-state index in [9.17, 15) is 9.59 Å². The van der Waals surface area contributed by atoms with Crippen LogP contribution in [0.4, 0.5) is 5.69 Å². The fourth-order valence-corrected chi connectivity index (χ4v) is 3.43. The Labute approximate surface area is 165 Å². The van der Waals surface area contributed by atoms with E-state index in [4.69, 9.17) is 9.47 Å². The van der Waals surface area contributed by atoms with Gasteiger partial charge in [0.05, 0.1) is 14.2 Å². The lowest BCUT2D eigenvalue weighted by atomic mass is 9.95. The summed E-state index contributed by atoms with van der Waals surface area (Å²) in [4.78, 5) is 27.2. The summed E-state index contributed by atoms with van der Waals surface area (Å²) in [5, 5.41) is 2.98. The van der Waals surface area contributed by atoms with Gasteiger partial charge in [-0.2, -0.15) is 0 Å². The second kappa shape index (κ2) is 8.78. The number of nitrogens with zero attached hydrogens (tertiary/aromatic N) is 1. The zero-order chi connectivity index (χ0) is 20.1. The predicted octanol–water partition coefficient (Wildman–Crippen LogP) is 3.50. The van der Waals surface area contributed by atoms with Crippen LogP contribution in [0.5, 0.6) is 11.5 Å². The highest BCUT2D eigenvalue weighted by molar-refractivity contribution is 5.96. The van der Waals surface area contributed by atoms with Gasteiger partial charge in [0.25, 0.3) is 5.91 Å². The van der Waals surface area contributed by atoms with E-state index in [2.05, 4.69) is 5.32 Å². The lowest BCUT2D eigenvalue weighted by Gasteiger charge is -2.31. The van der Waals surface area contributed by atoms with Gasteiger partial charge in [-0.15, -0.1) is 0 Å². The monoisotopic (exact) mass is 382 g/mol. The van der Waals surface area contributed by atoms with E-state index in [-0.39, 0.29) is 17.7 Å². The van der Waals surface area contributed by atoms with E-state index in [1.807, 2.05) is 31.2 Å². The smallest absolute Gasteiger partial charge is 0.254 e. The molecule has 2 amide bonds. The molecule has 1 aliphatic heterocycles. The number of piperidine rings is 1. The molecule has 3 rings (SSSR count). The van der Waals surface area contributed by atoms with E-state index < -0.39 is 0 Å². The van der Waals surface area contributed by atoms with Crippen LogP contribution < -0.4 is 14.8 Å². The minimum atomic E-state index is -0.0931. The number of anilines is 1. The number of nitrogens with one attached hydrogen (secondary N) is 1. The highest BCUT2D eigenvalue weighted by atomic mass is 16.5. The van der Waals surface area contributed by atoms with Gasteiger partial charge in [0.1, 0.15) is 11.5 Å². The Kier molecular flexibility index (Phi) is 6.19. The minimum absolute atomic E-state index is 0.0146. The SMILES string of the molecule is COc1cc(OC)cc(C(=O)N2CCC(C(=O)Nc3cccc(C)c3)CC2)c1. The van der Waals surface area contributed by atoms with Crippen LogP contribution in [0.2, 0.25) is 0 Å². The predicted molar refractivity (Wildman–Crippen MR) is 108 cm³/mol. The Bertz CT molecular complexity index is 835. The molecular formula is C22H26N2O4. The third-order valence-electron chi connectivity index (χ3n) is 5.04. The summed E-state index contributed by atoms with van der Waals surface area (Å²) >= 11 is 0. The molecule has 6 nitrogen and oxygen atoms in total. The topological polar surface area (TPSA) is 67.9 Å². The van der Waals surface area contributed by atoms with E-state index in [0.29, 0.717) is 43.0 Å². The molecular weight excluding hydrogens is 356 g/mol. The van der Waals surface area contributed by atoms with Crippen molar-refractivity contribution in [2.45, 2.75) is 19.8 Å². The van der Waals surface area contributed by atoms with Gasteiger partial charge < -0.3 is 19.7 Å². The second-order valence-electron chi connectivity index (χ2n) is 7.03. The van der Waals surface area contributed by atoms with Gasteiger partial charge in [0.2, 0.25) is 5.91 Å². The molecule has 28 heavy (non-hydrogen) atoms. The first-order valence-corrected chi connectivity index (χ1v) is 9.40. The van der Waals surface area contributed by atoms with Crippen molar-refractivity contribution in [2.24, 2.45) is 5.92 Å². The standard InChI is InChI=1S/C22H26N2O4/c1-15-5-4-6-18(11-15)23-21(25)16-7-9-24(10-8-16)22(26)17-12-19(27-2)14-20(13-17)28-3/h4-6,11-14,16H,7-10H2,1-3H3,(H,23,25). The number of ether oxygens (including phenoxy) is 2. The number of benzene rings is 2. The number of aryl methyl sites for hydroxylation is 1. The molecule has 0 unspecified atom stereocenters. The maximum atomic E-state index is 12.9. The molecule has 0 saturated carbocycles. The Morgan fingerprint density at radius 1 is 1.00 bits per heavy atom. The van der Waals surface area contributed by atoms with Crippen molar-refractivity contribution in [3.05, 3.63) is 53.6 Å². The summed E-state index contributed by atoms with van der Waals surface area (Å²) < 4.78 is 10.5. The normalized spacial score (nSPS) is 14.5. The van der Waals surface area contributed by atoms with Crippen LogP contribution >= 0.6 is 0 Å². The summed E-state index contributed by atoms with van der Waals surface area (Å²) in [6.45, 7) is 3.09. The molecule has 0 radical (unpaired) electrons. The number of rotatable bonds is 5. The zero-order valence-electron chi connectivity index (χ0n) is 16.5. The summed E-state index contributed by atoms with van der Waals surface area (Å²) in [6.07, 6.45) is 1.29. The molecule has 0 atom stereocenters. The van der Waals surface area contributed by atoms with Gasteiger partial charge in [-0.05, 0) is 49.6 Å². The molecule has 1 N–H and O–H groups in total. The van der Waals surface area contributed by atoms with Crippen molar-refractivity contribution in [1.82, 2.24) is 4.90 Å². The van der Waals surface area contributed by atoms with Crippen LogP contribution in [-0.2, 0) is 4.79 Å². The highest BCUT2D eigenvalue weighted by Gasteiger charge is 2.28. The molecule has 1 aliphatic rings. The van der Waals surface area contributed by atoms with Crippen molar-refractivity contribution in [2.75, 3.05) is 32.6 Å². The third kappa shape index (κ3) is 4.63. The number of hydrogen-bond donors (Lipinski definition) is 1. The quantitative estimate of drug-likeness (QED) is 0.859. The average Bonchev–Trinajstić information content (AvgIpc) is 2.72. The molecule has 0 aromatic heterocycles. The van der Waals surface area contributed by atoms with Gasteiger partial charge in [-0.25, -0.2) is 0 Å². The van der Waals surface area contributed by atoms with E-state index >= 15 is 0 Å². The van der Waals surface area contributed by atoms with E-state index in [1.54, 1.807) is 37.3 Å². The number of amides is 2. The Hall–Kier alpha value is -3.02. The molecule has 2 aromatic carbocycles. The lowest BCUT2D eigenvalue weighted by Crippen LogP contribution is -2.41. The van der Waals surface area contributed by atoms with Gasteiger partial charge in [0.15, 0.2) is 0 Å². The van der Waals surface area contributed by atoms with Crippen molar-refractivity contribution < 1.29 is 19.1 Å². The first kappa shape index (κ1) is 19.7. The van der Waals surface area contributed by atoms with Crippen LogP contribution in [-0.4, -0.2) is 44.0 Å². The van der Waals surface area contributed by atoms with Gasteiger partial charge in [0, 0.05) is 36.3 Å². The van der Waals surface area contributed by atoms with Gasteiger partial charge >= 0.3 is 0 Å². The molecule has 6 heteroatoms. The maximum absolute atomic E-state index is 12.9. The highest BCUT2D eigenvalue weighted by Crippen LogP contribution is 2.26. The van der Waals surface area contributed by atoms with Crippen LogP contribution in [0.25, 0.3) is 0 Å². The Balaban J connectivity index is 1.60. The molecule has 1 fully saturated rings. The van der Waals surface area contributed by atoms with Crippen LogP contribution in [0, 0.1) is 12.8 Å². The van der Waals surface area contributed by atoms with Crippen molar-refractivity contribution in [3.63, 3.8) is 0 Å². The largest absolute Gasteiger partial charge is 0.497 e. The van der Waals surface area contributed by atoms with Crippen molar-refractivity contribution >= 4 is 17.5 Å². The molecule has 148 valence electrons. The van der Waals surface area contributed by atoms with Crippen LogP contribution in [0.1, 0.15) is 28.8 Å². The summed E-state index contributed by atoms with van der Waals surface area (Å²) in [5.41, 5.74) is 2.44. The molecule has 2 aromatic rings. The fraction of sp³-hybridized carbons (Fsp3) is 0.364. The van der Waals surface area contributed by atoms with E-state index in [0.717, 1.165) is 11.3 Å². The number of carbonyl (C=O) groups is 2. The van der Waals surface area contributed by atoms with Crippen LogP contribution in [0.15, 0.2) is 42.5 Å². The Morgan fingerprint density at radius 2 is 1.64 bits per heavy atom. The van der Waals surface area contributed by atoms with E-state index in [1.165, 1.54) is 0 Å². The molecule has 1 heterocycles. The number of hydrogen-bond acceptors (Lipinski definition) is 4. The molecule has 0 bridgehead atoms. The number of likely N-dealkylation sites (tertiary alicyclic amines) is 1. The van der Waals surface area contributed by atoms with Gasteiger partial charge in [-0.3, -0.25) is 9.59 Å². The third-order valence-corrected chi connectivity index (χ3v) is 5.04. The van der Waals surface area contributed by atoms with Crippen molar-refractivity contribution in [1.29, 1.82) is 0 Å². The Morgan fingerprint density at radius 3 is 2.21 bits per heavy atom. The molecule has 0 aliphatic carbocycles. The summed E-state index contributed by atoms with van der Waals surface area (Å²) in [7, 11) is 3.11. The minimum Gasteiger partial charge on any atom is -0.497 e. The molecule has 0 spiro atoms. The van der Waals surface area contributed by atoms with Crippen LogP contribution in [0.3, 0.4) is 0 Å². The number of methoxy groups -OCH3 is 2. The first-order valence-electron chi connectivity index (χ1n) is 9.40. The summed E-state index contributed by atoms with van der Waals surface area (Å²) in [5.74, 6) is 1.00. The van der Waals surface area contributed by atoms with Crippen molar-refractivity contribution in [3.8, 4) is 11.5 Å². The zero-order valence-corrected chi connectivity index (χ0v) is 16.5. The maximum Gasteiger partial charge on any atom is 0.254 e. The lowest BCUT2D eigenvalue weighted by molar-refractivity contribution is -0.121. The molecule has 1 saturated heterocycles. The first-order chi connectivity index (χ1) is 13.5. The second-order valence-corrected chi connectivity index (χ2v) is 7.03. The average molecular weight is 382 g/mol. The summed E-state index contributed by atoms with van der Waals surface area (Å²) in [6, 6.07) is 12.9. The number of carbonyl (C=O) groups excluding carboxylic acids is 2. The van der Waals surface area contributed by atoms with Gasteiger partial charge in [-0.1, -0.05) is 12.1 Å². The fourth-order valence-electron chi connectivity index (χ4n) is 3.43.